The van der Waals surface area contributed by atoms with E-state index in [9.17, 15) is 13.5 Å². The van der Waals surface area contributed by atoms with Gasteiger partial charge in [0.25, 0.3) is 10.0 Å². The maximum absolute atomic E-state index is 13.2. The number of hydrogen-bond donors (Lipinski definition) is 3. The van der Waals surface area contributed by atoms with Gasteiger partial charge in [-0.15, -0.1) is 0 Å². The highest BCUT2D eigenvalue weighted by Crippen LogP contribution is 2.33. The Bertz CT molecular complexity index is 1730. The van der Waals surface area contributed by atoms with E-state index in [1.165, 1.54) is 11.6 Å². The van der Waals surface area contributed by atoms with Crippen molar-refractivity contribution in [3.05, 3.63) is 120 Å². The molecule has 5 aromatic rings. The molecule has 0 saturated heterocycles. The number of benzene rings is 4. The van der Waals surface area contributed by atoms with E-state index in [-0.39, 0.29) is 10.8 Å². The average molecular weight is 553 g/mol. The van der Waals surface area contributed by atoms with E-state index in [0.29, 0.717) is 27.9 Å². The third-order valence-electron chi connectivity index (χ3n) is 6.62. The molecule has 0 unspecified atom stereocenters. The topological polar surface area (TPSA) is 97.8 Å². The van der Waals surface area contributed by atoms with Crippen LogP contribution in [-0.2, 0) is 16.4 Å². The lowest BCUT2D eigenvalue weighted by atomic mass is 10.0. The molecule has 0 bridgehead atoms. The number of nitrogens with zero attached hydrogens (tertiary/aromatic N) is 2. The van der Waals surface area contributed by atoms with E-state index in [2.05, 4.69) is 40.8 Å². The Balaban J connectivity index is 1.56. The van der Waals surface area contributed by atoms with Crippen molar-refractivity contribution in [3.63, 3.8) is 0 Å². The van der Waals surface area contributed by atoms with Crippen molar-refractivity contribution in [2.45, 2.75) is 17.7 Å². The minimum atomic E-state index is -3.87. The van der Waals surface area contributed by atoms with Crippen molar-refractivity contribution < 1.29 is 13.5 Å². The van der Waals surface area contributed by atoms with Crippen LogP contribution in [0.25, 0.3) is 10.9 Å². The third-order valence-corrected chi connectivity index (χ3v) is 8.00. The Kier molecular flexibility index (Phi) is 8.00. The monoisotopic (exact) mass is 552 g/mol. The van der Waals surface area contributed by atoms with Crippen LogP contribution in [0.3, 0.4) is 0 Å². The van der Waals surface area contributed by atoms with Crippen LogP contribution in [0.5, 0.6) is 5.88 Å². The fraction of sp³-hybridized carbons (Fsp3) is 0.156. The second kappa shape index (κ2) is 11.8. The van der Waals surface area contributed by atoms with E-state index < -0.39 is 10.0 Å². The van der Waals surface area contributed by atoms with Gasteiger partial charge in [0, 0.05) is 22.2 Å². The quantitative estimate of drug-likeness (QED) is 0.176. The van der Waals surface area contributed by atoms with Gasteiger partial charge >= 0.3 is 0 Å². The molecule has 204 valence electrons. The molecular weight excluding hydrogens is 520 g/mol. The predicted octanol–water partition coefficient (Wildman–Crippen LogP) is 6.34. The molecule has 0 spiro atoms. The molecule has 0 saturated carbocycles. The summed E-state index contributed by atoms with van der Waals surface area (Å²) in [6.07, 6.45) is 2.05. The summed E-state index contributed by atoms with van der Waals surface area (Å²) in [4.78, 5) is 10.2. The normalized spacial score (nSPS) is 12.2. The van der Waals surface area contributed by atoms with Gasteiger partial charge in [0.05, 0.1) is 21.9 Å². The molecule has 7 nitrogen and oxygen atoms in total. The molecule has 0 aliphatic carbocycles. The maximum Gasteiger partial charge on any atom is 0.261 e. The van der Waals surface area contributed by atoms with Crippen LogP contribution in [0.1, 0.15) is 23.1 Å². The maximum atomic E-state index is 13.2. The highest BCUT2D eigenvalue weighted by molar-refractivity contribution is 7.92. The molecule has 5 rings (SSSR count). The first-order valence-electron chi connectivity index (χ1n) is 13.1. The Labute approximate surface area is 234 Å². The third kappa shape index (κ3) is 6.25. The molecular formula is C32H32N4O3S. The molecule has 40 heavy (non-hydrogen) atoms. The number of para-hydroxylation sites is 1. The van der Waals surface area contributed by atoms with E-state index in [0.717, 1.165) is 30.6 Å². The second-order valence-corrected chi connectivity index (χ2v) is 11.6. The summed E-state index contributed by atoms with van der Waals surface area (Å²) in [5, 5.41) is 11.6. The van der Waals surface area contributed by atoms with Crippen LogP contribution in [0.15, 0.2) is 113 Å². The molecule has 0 aliphatic rings. The average Bonchev–Trinajstić information content (AvgIpc) is 3.28. The van der Waals surface area contributed by atoms with E-state index in [4.69, 9.17) is 4.99 Å². The van der Waals surface area contributed by atoms with Crippen LogP contribution in [0.4, 0.5) is 11.4 Å². The second-order valence-electron chi connectivity index (χ2n) is 9.93. The van der Waals surface area contributed by atoms with Crippen molar-refractivity contribution in [1.29, 1.82) is 0 Å². The number of aromatic nitrogens is 1. The smallest absolute Gasteiger partial charge is 0.261 e. The van der Waals surface area contributed by atoms with Crippen molar-refractivity contribution in [2.75, 3.05) is 25.4 Å². The molecule has 0 amide bonds. The molecule has 8 heteroatoms. The summed E-state index contributed by atoms with van der Waals surface area (Å²) < 4.78 is 29.1. The number of hydrogen-bond acceptors (Lipinski definition) is 5. The summed E-state index contributed by atoms with van der Waals surface area (Å²) in [6.45, 7) is 1.02. The first-order valence-corrected chi connectivity index (χ1v) is 14.6. The minimum Gasteiger partial charge on any atom is -0.494 e. The van der Waals surface area contributed by atoms with Crippen LogP contribution >= 0.6 is 0 Å². The highest BCUT2D eigenvalue weighted by atomic mass is 32.2. The standard InChI is InChI=1S/C32H32N4O3S/c1-36(2)21-9-10-23-15-17-25(18-16-23)33-31(24-11-5-3-6-12-24)30-28-22-27(19-20-29(28)34-32(30)37)40(38,39)35-26-13-7-4-8-14-26/h3-8,11-20,22,34-35,37H,9-10,21H2,1-2H3. The lowest BCUT2D eigenvalue weighted by Gasteiger charge is -2.11. The molecule has 0 aliphatic heterocycles. The number of aromatic hydroxyl groups is 1. The van der Waals surface area contributed by atoms with Crippen LogP contribution in [-0.4, -0.2) is 49.8 Å². The lowest BCUT2D eigenvalue weighted by molar-refractivity contribution is 0.400. The predicted molar refractivity (Wildman–Crippen MR) is 162 cm³/mol. The molecule has 0 fully saturated rings. The number of sulfonamides is 1. The number of H-pyrrole nitrogens is 1. The summed E-state index contributed by atoms with van der Waals surface area (Å²) in [6, 6.07) is 31.1. The summed E-state index contributed by atoms with van der Waals surface area (Å²) in [5.74, 6) is -0.0801. The number of nitrogens with one attached hydrogen (secondary N) is 2. The van der Waals surface area contributed by atoms with Crippen molar-refractivity contribution in [1.82, 2.24) is 9.88 Å². The molecule has 0 radical (unpaired) electrons. The van der Waals surface area contributed by atoms with Gasteiger partial charge in [-0.25, -0.2) is 13.4 Å². The van der Waals surface area contributed by atoms with Gasteiger partial charge in [0.2, 0.25) is 0 Å². The van der Waals surface area contributed by atoms with Gasteiger partial charge < -0.3 is 15.0 Å². The minimum absolute atomic E-state index is 0.0801. The van der Waals surface area contributed by atoms with Crippen molar-refractivity contribution in [3.8, 4) is 5.88 Å². The first kappa shape index (κ1) is 27.2. The number of aliphatic imine (C=N–C) groups is 1. The summed E-state index contributed by atoms with van der Waals surface area (Å²) in [7, 11) is 0.273. The number of anilines is 1. The Hall–Kier alpha value is -4.40. The summed E-state index contributed by atoms with van der Waals surface area (Å²) in [5.41, 5.74) is 4.81. The molecule has 3 N–H and O–H groups in total. The Morgan fingerprint density at radius 3 is 2.25 bits per heavy atom. The van der Waals surface area contributed by atoms with Crippen molar-refractivity contribution >= 4 is 38.0 Å². The van der Waals surface area contributed by atoms with E-state index in [1.807, 2.05) is 48.5 Å². The zero-order valence-electron chi connectivity index (χ0n) is 22.5. The van der Waals surface area contributed by atoms with Crippen LogP contribution in [0.2, 0.25) is 0 Å². The van der Waals surface area contributed by atoms with Gasteiger partial charge in [-0.3, -0.25) is 4.72 Å². The number of aromatic amines is 1. The zero-order valence-corrected chi connectivity index (χ0v) is 23.3. The molecule has 0 atom stereocenters. The zero-order chi connectivity index (χ0) is 28.1. The molecule has 4 aromatic carbocycles. The van der Waals surface area contributed by atoms with Gasteiger partial charge in [-0.2, -0.15) is 0 Å². The van der Waals surface area contributed by atoms with Crippen LogP contribution < -0.4 is 4.72 Å². The number of aryl methyl sites for hydroxylation is 1. The Morgan fingerprint density at radius 2 is 1.57 bits per heavy atom. The van der Waals surface area contributed by atoms with Gasteiger partial charge in [0.1, 0.15) is 0 Å². The lowest BCUT2D eigenvalue weighted by Crippen LogP contribution is -2.13. The molecule has 1 aromatic heterocycles. The van der Waals surface area contributed by atoms with E-state index >= 15 is 0 Å². The summed E-state index contributed by atoms with van der Waals surface area (Å²) >= 11 is 0. The van der Waals surface area contributed by atoms with Gasteiger partial charge in [-0.1, -0.05) is 60.7 Å². The number of rotatable bonds is 10. The van der Waals surface area contributed by atoms with Gasteiger partial charge in [-0.05, 0) is 81.5 Å². The van der Waals surface area contributed by atoms with E-state index in [1.54, 1.807) is 36.4 Å². The fourth-order valence-electron chi connectivity index (χ4n) is 4.61. The number of fused-ring (bicyclic) bond motifs is 1. The molecule has 1 heterocycles. The Morgan fingerprint density at radius 1 is 0.900 bits per heavy atom. The fourth-order valence-corrected chi connectivity index (χ4v) is 5.69. The van der Waals surface area contributed by atoms with Gasteiger partial charge in [0.15, 0.2) is 5.88 Å². The highest BCUT2D eigenvalue weighted by Gasteiger charge is 2.22. The van der Waals surface area contributed by atoms with Crippen LogP contribution in [0, 0.1) is 0 Å². The SMILES string of the molecule is CN(C)CCCc1ccc(N=C(c2ccccc2)c2c(O)[nH]c3ccc(S(=O)(=O)Nc4ccccc4)cc23)cc1. The largest absolute Gasteiger partial charge is 0.494 e. The van der Waals surface area contributed by atoms with Crippen molar-refractivity contribution in [2.24, 2.45) is 4.99 Å². The first-order chi connectivity index (χ1) is 19.3.